The summed E-state index contributed by atoms with van der Waals surface area (Å²) in [6, 6.07) is 22.6. The van der Waals surface area contributed by atoms with Crippen molar-refractivity contribution in [3.8, 4) is 0 Å². The molecule has 2 amide bonds. The molecular weight excluding hydrogens is 519 g/mol. The summed E-state index contributed by atoms with van der Waals surface area (Å²) in [5, 5.41) is 2.89. The van der Waals surface area contributed by atoms with Crippen molar-refractivity contribution in [3.63, 3.8) is 0 Å². The lowest BCUT2D eigenvalue weighted by molar-refractivity contribution is -0.140. The molecule has 39 heavy (non-hydrogen) atoms. The molecule has 10 heteroatoms. The molecule has 208 valence electrons. The average molecular weight is 555 g/mol. The highest BCUT2D eigenvalue weighted by atomic mass is 32.2. The Morgan fingerprint density at radius 1 is 0.846 bits per heavy atom. The van der Waals surface area contributed by atoms with Crippen LogP contribution in [0, 0.1) is 5.82 Å². The van der Waals surface area contributed by atoms with Crippen LogP contribution in [-0.4, -0.2) is 62.2 Å². The predicted molar refractivity (Wildman–Crippen MR) is 151 cm³/mol. The molecule has 0 radical (unpaired) electrons. The number of amides is 2. The third kappa shape index (κ3) is 7.87. The van der Waals surface area contributed by atoms with Crippen molar-refractivity contribution in [1.82, 2.24) is 14.5 Å². The number of carbonyl (C=O) groups is 2. The van der Waals surface area contributed by atoms with E-state index in [1.807, 2.05) is 74.5 Å². The summed E-state index contributed by atoms with van der Waals surface area (Å²) in [5.41, 5.74) is 1.33. The predicted octanol–water partition coefficient (Wildman–Crippen LogP) is 3.60. The number of benzene rings is 3. The van der Waals surface area contributed by atoms with Crippen LogP contribution in [0.25, 0.3) is 0 Å². The number of halogens is 1. The topological polar surface area (TPSA) is 90.0 Å². The standard InChI is InChI=1S/C29H35FN4O4S/c1-22(2)31-29(36)27(19-23-13-7-5-8-14-23)33(20-24-15-9-6-10-16-24)28(35)21-34(39(37,38)32(3)4)26-18-12-11-17-25(26)30/h5-18,22,27H,19-21H2,1-4H3,(H,31,36)/t27-/m1/s1. The van der Waals surface area contributed by atoms with Crippen LogP contribution in [-0.2, 0) is 32.8 Å². The largest absolute Gasteiger partial charge is 0.352 e. The molecule has 0 heterocycles. The van der Waals surface area contributed by atoms with Gasteiger partial charge in [0.2, 0.25) is 11.8 Å². The maximum absolute atomic E-state index is 14.8. The Hall–Kier alpha value is -3.76. The minimum atomic E-state index is -4.26. The Morgan fingerprint density at radius 2 is 1.38 bits per heavy atom. The smallest absolute Gasteiger partial charge is 0.304 e. The van der Waals surface area contributed by atoms with Crippen molar-refractivity contribution in [2.75, 3.05) is 24.9 Å². The number of nitrogens with one attached hydrogen (secondary N) is 1. The molecule has 0 unspecified atom stereocenters. The van der Waals surface area contributed by atoms with Crippen molar-refractivity contribution >= 4 is 27.7 Å². The van der Waals surface area contributed by atoms with E-state index in [1.165, 1.54) is 37.2 Å². The molecule has 3 aromatic rings. The van der Waals surface area contributed by atoms with Crippen molar-refractivity contribution < 1.29 is 22.4 Å². The Bertz CT molecular complexity index is 1350. The Balaban J connectivity index is 2.08. The fourth-order valence-corrected chi connectivity index (χ4v) is 5.14. The molecule has 0 aliphatic carbocycles. The molecule has 1 N–H and O–H groups in total. The molecule has 1 atom stereocenters. The van der Waals surface area contributed by atoms with Crippen LogP contribution in [0.3, 0.4) is 0 Å². The van der Waals surface area contributed by atoms with E-state index >= 15 is 0 Å². The van der Waals surface area contributed by atoms with E-state index in [-0.39, 0.29) is 30.6 Å². The van der Waals surface area contributed by atoms with Gasteiger partial charge in [0.25, 0.3) is 0 Å². The monoisotopic (exact) mass is 554 g/mol. The first-order valence-electron chi connectivity index (χ1n) is 12.6. The van der Waals surface area contributed by atoms with E-state index in [0.29, 0.717) is 0 Å². The summed E-state index contributed by atoms with van der Waals surface area (Å²) in [5.74, 6) is -1.80. The van der Waals surface area contributed by atoms with Gasteiger partial charge in [-0.1, -0.05) is 72.8 Å². The van der Waals surface area contributed by atoms with E-state index < -0.39 is 34.5 Å². The van der Waals surface area contributed by atoms with Gasteiger partial charge in [-0.2, -0.15) is 12.7 Å². The maximum Gasteiger partial charge on any atom is 0.304 e. The third-order valence-electron chi connectivity index (χ3n) is 6.04. The van der Waals surface area contributed by atoms with Gasteiger partial charge < -0.3 is 10.2 Å². The molecule has 0 bridgehead atoms. The summed E-state index contributed by atoms with van der Waals surface area (Å²) in [4.78, 5) is 28.9. The number of para-hydroxylation sites is 1. The summed E-state index contributed by atoms with van der Waals surface area (Å²) in [6.07, 6.45) is 0.206. The van der Waals surface area contributed by atoms with Gasteiger partial charge in [-0.25, -0.2) is 8.70 Å². The van der Waals surface area contributed by atoms with Crippen molar-refractivity contribution in [3.05, 3.63) is 102 Å². The van der Waals surface area contributed by atoms with Crippen LogP contribution < -0.4 is 9.62 Å². The number of hydrogen-bond acceptors (Lipinski definition) is 4. The Kier molecular flexibility index (Phi) is 10.2. The zero-order valence-corrected chi connectivity index (χ0v) is 23.4. The molecule has 0 fully saturated rings. The molecule has 0 saturated carbocycles. The highest BCUT2D eigenvalue weighted by Gasteiger charge is 2.35. The lowest BCUT2D eigenvalue weighted by atomic mass is 10.0. The fraction of sp³-hybridized carbons (Fsp3) is 0.310. The lowest BCUT2D eigenvalue weighted by Gasteiger charge is -2.34. The highest BCUT2D eigenvalue weighted by molar-refractivity contribution is 7.90. The lowest BCUT2D eigenvalue weighted by Crippen LogP contribution is -2.55. The van der Waals surface area contributed by atoms with Gasteiger partial charge in [-0.05, 0) is 37.1 Å². The van der Waals surface area contributed by atoms with E-state index in [4.69, 9.17) is 0 Å². The second-order valence-electron chi connectivity index (χ2n) is 9.62. The van der Waals surface area contributed by atoms with Crippen LogP contribution >= 0.6 is 0 Å². The second-order valence-corrected chi connectivity index (χ2v) is 11.7. The Morgan fingerprint density at radius 3 is 1.92 bits per heavy atom. The van der Waals surface area contributed by atoms with Crippen LogP contribution in [0.15, 0.2) is 84.9 Å². The van der Waals surface area contributed by atoms with Gasteiger partial charge in [-0.3, -0.25) is 9.59 Å². The molecular formula is C29H35FN4O4S. The van der Waals surface area contributed by atoms with Gasteiger partial charge in [0, 0.05) is 33.1 Å². The molecule has 0 aromatic heterocycles. The van der Waals surface area contributed by atoms with Gasteiger partial charge in [-0.15, -0.1) is 0 Å². The number of carbonyl (C=O) groups excluding carboxylic acids is 2. The average Bonchev–Trinajstić information content (AvgIpc) is 2.90. The number of rotatable bonds is 12. The first-order chi connectivity index (χ1) is 18.5. The van der Waals surface area contributed by atoms with Crippen molar-refractivity contribution in [1.29, 1.82) is 0 Å². The number of nitrogens with zero attached hydrogens (tertiary/aromatic N) is 3. The van der Waals surface area contributed by atoms with Crippen LogP contribution in [0.4, 0.5) is 10.1 Å². The summed E-state index contributed by atoms with van der Waals surface area (Å²) >= 11 is 0. The number of anilines is 1. The van der Waals surface area contributed by atoms with E-state index in [0.717, 1.165) is 25.8 Å². The van der Waals surface area contributed by atoms with Gasteiger partial charge >= 0.3 is 10.2 Å². The fourth-order valence-electron chi connectivity index (χ4n) is 4.07. The van der Waals surface area contributed by atoms with Crippen LogP contribution in [0.1, 0.15) is 25.0 Å². The van der Waals surface area contributed by atoms with Gasteiger partial charge in [0.1, 0.15) is 18.4 Å². The van der Waals surface area contributed by atoms with Crippen LogP contribution in [0.2, 0.25) is 0 Å². The summed E-state index contributed by atoms with van der Waals surface area (Å²) in [7, 11) is -1.64. The molecule has 0 aliphatic heterocycles. The van der Waals surface area contributed by atoms with E-state index in [9.17, 15) is 22.4 Å². The van der Waals surface area contributed by atoms with Crippen LogP contribution in [0.5, 0.6) is 0 Å². The quantitative estimate of drug-likeness (QED) is 0.371. The minimum absolute atomic E-state index is 0.0514. The third-order valence-corrected chi connectivity index (χ3v) is 7.84. The first-order valence-corrected chi connectivity index (χ1v) is 14.0. The number of hydrogen-bond donors (Lipinski definition) is 1. The van der Waals surface area contributed by atoms with Gasteiger partial charge in [0.05, 0.1) is 5.69 Å². The molecule has 0 spiro atoms. The SMILES string of the molecule is CC(C)NC(=O)[C@@H](Cc1ccccc1)N(Cc1ccccc1)C(=O)CN(c1ccccc1F)S(=O)(=O)N(C)C. The Labute approximate surface area is 230 Å². The van der Waals surface area contributed by atoms with Gasteiger partial charge in [0.15, 0.2) is 0 Å². The molecule has 3 rings (SSSR count). The van der Waals surface area contributed by atoms with Crippen molar-refractivity contribution in [2.24, 2.45) is 0 Å². The molecule has 0 saturated heterocycles. The molecule has 8 nitrogen and oxygen atoms in total. The zero-order valence-electron chi connectivity index (χ0n) is 22.6. The summed E-state index contributed by atoms with van der Waals surface area (Å²) < 4.78 is 43.0. The maximum atomic E-state index is 14.8. The van der Waals surface area contributed by atoms with Crippen molar-refractivity contribution in [2.45, 2.75) is 38.9 Å². The van der Waals surface area contributed by atoms with E-state index in [1.54, 1.807) is 0 Å². The summed E-state index contributed by atoms with van der Waals surface area (Å²) in [6.45, 7) is 3.00. The molecule has 0 aliphatic rings. The van der Waals surface area contributed by atoms with E-state index in [2.05, 4.69) is 5.32 Å². The normalized spacial score (nSPS) is 12.3. The molecule has 3 aromatic carbocycles. The zero-order chi connectivity index (χ0) is 28.6. The first kappa shape index (κ1) is 29.8. The highest BCUT2D eigenvalue weighted by Crippen LogP contribution is 2.24. The minimum Gasteiger partial charge on any atom is -0.352 e. The second kappa shape index (κ2) is 13.3.